The van der Waals surface area contributed by atoms with Crippen LogP contribution in [0.15, 0.2) is 22.6 Å². The summed E-state index contributed by atoms with van der Waals surface area (Å²) in [5, 5.41) is 2.75. The van der Waals surface area contributed by atoms with E-state index >= 15 is 0 Å². The highest BCUT2D eigenvalue weighted by Gasteiger charge is 2.32. The van der Waals surface area contributed by atoms with Crippen LogP contribution in [0.3, 0.4) is 0 Å². The number of hydrogen-bond acceptors (Lipinski definition) is 4. The molecule has 0 spiro atoms. The topological polar surface area (TPSA) is 72.2 Å². The largest absolute Gasteiger partial charge is 0.441 e. The fourth-order valence-electron chi connectivity index (χ4n) is 2.01. The third kappa shape index (κ3) is 3.08. The maximum absolute atomic E-state index is 12.3. The fourth-order valence-corrected chi connectivity index (χ4v) is 2.30. The van der Waals surface area contributed by atoms with Gasteiger partial charge in [0.15, 0.2) is 17.3 Å². The third-order valence-corrected chi connectivity index (χ3v) is 3.83. The standard InChI is InChI=1S/C15H17ClN2O3/c1-4-15(3,13(19)8-16)18-14(20)10-5-6-11-12(7-10)21-9(2)17-11/h5-7H,4,8H2,1-3H3,(H,18,20). The highest BCUT2D eigenvalue weighted by Crippen LogP contribution is 2.18. The summed E-state index contributed by atoms with van der Waals surface area (Å²) >= 11 is 5.60. The van der Waals surface area contributed by atoms with Gasteiger partial charge in [-0.15, -0.1) is 11.6 Å². The maximum Gasteiger partial charge on any atom is 0.252 e. The molecular weight excluding hydrogens is 292 g/mol. The molecule has 0 fully saturated rings. The van der Waals surface area contributed by atoms with Crippen molar-refractivity contribution in [2.45, 2.75) is 32.7 Å². The fraction of sp³-hybridized carbons (Fsp3) is 0.400. The van der Waals surface area contributed by atoms with Crippen molar-refractivity contribution < 1.29 is 14.0 Å². The van der Waals surface area contributed by atoms with Gasteiger partial charge < -0.3 is 9.73 Å². The SMILES string of the molecule is CCC(C)(NC(=O)c1ccc2nc(C)oc2c1)C(=O)CCl. The van der Waals surface area contributed by atoms with E-state index in [1.54, 1.807) is 32.0 Å². The molecule has 1 atom stereocenters. The second kappa shape index (κ2) is 5.85. The summed E-state index contributed by atoms with van der Waals surface area (Å²) in [5.41, 5.74) is 0.687. The molecule has 0 aliphatic rings. The molecule has 0 saturated carbocycles. The van der Waals surface area contributed by atoms with Gasteiger partial charge in [-0.3, -0.25) is 9.59 Å². The van der Waals surface area contributed by atoms with Gasteiger partial charge in [-0.05, 0) is 31.5 Å². The van der Waals surface area contributed by atoms with E-state index in [1.165, 1.54) is 0 Å². The summed E-state index contributed by atoms with van der Waals surface area (Å²) in [4.78, 5) is 28.4. The van der Waals surface area contributed by atoms with Gasteiger partial charge in [0.2, 0.25) is 0 Å². The number of halogens is 1. The van der Waals surface area contributed by atoms with E-state index in [2.05, 4.69) is 10.3 Å². The summed E-state index contributed by atoms with van der Waals surface area (Å²) in [7, 11) is 0. The molecule has 0 aliphatic heterocycles. The number of oxazole rings is 1. The lowest BCUT2D eigenvalue weighted by Gasteiger charge is -2.27. The van der Waals surface area contributed by atoms with Crippen LogP contribution >= 0.6 is 11.6 Å². The Kier molecular flexibility index (Phi) is 4.32. The molecule has 1 amide bonds. The summed E-state index contributed by atoms with van der Waals surface area (Å²) in [6, 6.07) is 4.99. The average Bonchev–Trinajstić information content (AvgIpc) is 2.84. The number of fused-ring (bicyclic) bond motifs is 1. The first-order valence-corrected chi connectivity index (χ1v) is 7.22. The van der Waals surface area contributed by atoms with Crippen molar-refractivity contribution in [2.75, 3.05) is 5.88 Å². The molecule has 2 aromatic rings. The Labute approximate surface area is 127 Å². The number of hydrogen-bond donors (Lipinski definition) is 1. The van der Waals surface area contributed by atoms with Crippen molar-refractivity contribution >= 4 is 34.4 Å². The second-order valence-electron chi connectivity index (χ2n) is 5.11. The summed E-state index contributed by atoms with van der Waals surface area (Å²) in [6.07, 6.45) is 0.466. The predicted molar refractivity (Wildman–Crippen MR) is 80.6 cm³/mol. The zero-order chi connectivity index (χ0) is 15.6. The Morgan fingerprint density at radius 3 is 2.76 bits per heavy atom. The Bertz CT molecular complexity index is 695. The van der Waals surface area contributed by atoms with Crippen LogP contribution in [0.1, 0.15) is 36.5 Å². The van der Waals surface area contributed by atoms with Crippen LogP contribution in [0.5, 0.6) is 0 Å². The van der Waals surface area contributed by atoms with Gasteiger partial charge >= 0.3 is 0 Å². The number of aromatic nitrogens is 1. The summed E-state index contributed by atoms with van der Waals surface area (Å²) < 4.78 is 5.40. The smallest absolute Gasteiger partial charge is 0.252 e. The van der Waals surface area contributed by atoms with Crippen molar-refractivity contribution in [3.63, 3.8) is 0 Å². The molecule has 1 aromatic heterocycles. The number of rotatable bonds is 5. The molecule has 0 bridgehead atoms. The predicted octanol–water partition coefficient (Wildman–Crippen LogP) is 2.84. The molecular formula is C15H17ClN2O3. The highest BCUT2D eigenvalue weighted by molar-refractivity contribution is 6.29. The van der Waals surface area contributed by atoms with Gasteiger partial charge in [0, 0.05) is 12.5 Å². The molecule has 112 valence electrons. The zero-order valence-corrected chi connectivity index (χ0v) is 13.0. The van der Waals surface area contributed by atoms with Crippen molar-refractivity contribution in [3.05, 3.63) is 29.7 Å². The van der Waals surface area contributed by atoms with E-state index in [0.29, 0.717) is 29.0 Å². The van der Waals surface area contributed by atoms with Gasteiger partial charge in [-0.25, -0.2) is 4.98 Å². The molecule has 0 aliphatic carbocycles. The third-order valence-electron chi connectivity index (χ3n) is 3.59. The molecule has 1 aromatic carbocycles. The lowest BCUT2D eigenvalue weighted by atomic mass is 9.93. The summed E-state index contributed by atoms with van der Waals surface area (Å²) in [5.74, 6) is -0.144. The number of carbonyl (C=O) groups excluding carboxylic acids is 2. The van der Waals surface area contributed by atoms with Gasteiger partial charge in [0.25, 0.3) is 5.91 Å². The Morgan fingerprint density at radius 2 is 2.14 bits per heavy atom. The van der Waals surface area contributed by atoms with Crippen molar-refractivity contribution in [3.8, 4) is 0 Å². The van der Waals surface area contributed by atoms with Crippen LogP contribution in [-0.4, -0.2) is 28.1 Å². The van der Waals surface area contributed by atoms with E-state index in [0.717, 1.165) is 0 Å². The van der Waals surface area contributed by atoms with Gasteiger partial charge in [-0.1, -0.05) is 6.92 Å². The first-order chi connectivity index (χ1) is 9.89. The molecule has 6 heteroatoms. The Hall–Kier alpha value is -1.88. The lowest BCUT2D eigenvalue weighted by Crippen LogP contribution is -2.52. The molecule has 21 heavy (non-hydrogen) atoms. The van der Waals surface area contributed by atoms with E-state index in [1.807, 2.05) is 6.92 Å². The first kappa shape index (κ1) is 15.5. The first-order valence-electron chi connectivity index (χ1n) is 6.68. The van der Waals surface area contributed by atoms with E-state index < -0.39 is 5.54 Å². The van der Waals surface area contributed by atoms with Crippen molar-refractivity contribution in [2.24, 2.45) is 0 Å². The lowest BCUT2D eigenvalue weighted by molar-refractivity contribution is -0.122. The van der Waals surface area contributed by atoms with Gasteiger partial charge in [0.05, 0.1) is 11.4 Å². The Morgan fingerprint density at radius 1 is 1.43 bits per heavy atom. The van der Waals surface area contributed by atoms with E-state index in [-0.39, 0.29) is 17.6 Å². The minimum absolute atomic E-state index is 0.134. The van der Waals surface area contributed by atoms with Gasteiger partial charge in [0.1, 0.15) is 5.52 Å². The van der Waals surface area contributed by atoms with Crippen LogP contribution in [0.2, 0.25) is 0 Å². The molecule has 1 N–H and O–H groups in total. The Balaban J connectivity index is 2.27. The van der Waals surface area contributed by atoms with Crippen molar-refractivity contribution in [1.82, 2.24) is 10.3 Å². The number of amides is 1. The average molecular weight is 309 g/mol. The summed E-state index contributed by atoms with van der Waals surface area (Å²) in [6.45, 7) is 5.24. The number of ketones is 1. The van der Waals surface area contributed by atoms with E-state index in [9.17, 15) is 9.59 Å². The van der Waals surface area contributed by atoms with Crippen LogP contribution in [0.4, 0.5) is 0 Å². The number of benzene rings is 1. The molecule has 1 heterocycles. The van der Waals surface area contributed by atoms with Crippen LogP contribution in [0, 0.1) is 6.92 Å². The maximum atomic E-state index is 12.3. The molecule has 5 nitrogen and oxygen atoms in total. The van der Waals surface area contributed by atoms with Crippen LogP contribution in [0.25, 0.3) is 11.1 Å². The zero-order valence-electron chi connectivity index (χ0n) is 12.2. The second-order valence-corrected chi connectivity index (χ2v) is 5.38. The van der Waals surface area contributed by atoms with Crippen LogP contribution in [-0.2, 0) is 4.79 Å². The number of nitrogens with zero attached hydrogens (tertiary/aromatic N) is 1. The molecule has 2 rings (SSSR count). The number of Topliss-reactive ketones (excluding diaryl/α,β-unsaturated/α-hetero) is 1. The number of nitrogens with one attached hydrogen (secondary N) is 1. The van der Waals surface area contributed by atoms with Crippen molar-refractivity contribution in [1.29, 1.82) is 0 Å². The van der Waals surface area contributed by atoms with Crippen LogP contribution < -0.4 is 5.32 Å². The minimum Gasteiger partial charge on any atom is -0.441 e. The number of carbonyl (C=O) groups is 2. The molecule has 0 saturated heterocycles. The number of alkyl halides is 1. The molecule has 1 unspecified atom stereocenters. The molecule has 0 radical (unpaired) electrons. The van der Waals surface area contributed by atoms with Gasteiger partial charge in [-0.2, -0.15) is 0 Å². The number of aryl methyl sites for hydroxylation is 1. The quantitative estimate of drug-likeness (QED) is 0.862. The monoisotopic (exact) mass is 308 g/mol. The highest BCUT2D eigenvalue weighted by atomic mass is 35.5. The normalized spacial score (nSPS) is 13.9. The minimum atomic E-state index is -0.967. The van der Waals surface area contributed by atoms with E-state index in [4.69, 9.17) is 16.0 Å².